The smallest absolute Gasteiger partial charge is 0.355 e. The lowest BCUT2D eigenvalue weighted by Gasteiger charge is -2.10. The molecule has 1 amide bonds. The Labute approximate surface area is 137 Å². The third-order valence-corrected chi connectivity index (χ3v) is 3.52. The van der Waals surface area contributed by atoms with E-state index in [-0.39, 0.29) is 5.70 Å². The molecule has 1 N–H and O–H groups in total. The van der Waals surface area contributed by atoms with Crippen LogP contribution in [0.5, 0.6) is 5.75 Å². The van der Waals surface area contributed by atoms with Gasteiger partial charge in [0, 0.05) is 20.1 Å². The van der Waals surface area contributed by atoms with Gasteiger partial charge < -0.3 is 19.5 Å². The molecular weight excluding hydrogens is 354 g/mol. The lowest BCUT2D eigenvalue weighted by molar-refractivity contribution is -0.137. The van der Waals surface area contributed by atoms with Crippen molar-refractivity contribution in [1.82, 2.24) is 5.32 Å². The van der Waals surface area contributed by atoms with E-state index in [1.54, 1.807) is 25.3 Å². The molecule has 0 radical (unpaired) electrons. The average molecular weight is 372 g/mol. The average Bonchev–Trinajstić information content (AvgIpc) is 2.55. The fraction of sp³-hybridized carbons (Fsp3) is 0.333. The van der Waals surface area contributed by atoms with Crippen molar-refractivity contribution in [3.05, 3.63) is 35.5 Å². The molecule has 6 nitrogen and oxygen atoms in total. The zero-order chi connectivity index (χ0) is 16.4. The number of hydrogen-bond donors (Lipinski definition) is 1. The summed E-state index contributed by atoms with van der Waals surface area (Å²) in [5, 5.41) is 2.33. The van der Waals surface area contributed by atoms with Crippen LogP contribution < -0.4 is 10.1 Å². The van der Waals surface area contributed by atoms with Crippen molar-refractivity contribution in [2.75, 3.05) is 27.4 Å². The van der Waals surface area contributed by atoms with Gasteiger partial charge in [0.25, 0.3) is 0 Å². The zero-order valence-corrected chi connectivity index (χ0v) is 14.0. The summed E-state index contributed by atoms with van der Waals surface area (Å²) in [5.74, 6) is 0.00580. The topological polar surface area (TPSA) is 73.9 Å². The minimum Gasteiger partial charge on any atom is -0.493 e. The van der Waals surface area contributed by atoms with Gasteiger partial charge in [-0.3, -0.25) is 4.79 Å². The fourth-order valence-corrected chi connectivity index (χ4v) is 2.16. The predicted octanol–water partition coefficient (Wildman–Crippen LogP) is 2.08. The first-order chi connectivity index (χ1) is 10.6. The molecule has 0 bridgehead atoms. The molecule has 0 unspecified atom stereocenters. The van der Waals surface area contributed by atoms with Crippen LogP contribution in [0.25, 0.3) is 4.48 Å². The van der Waals surface area contributed by atoms with Crippen molar-refractivity contribution in [2.45, 2.75) is 6.42 Å². The van der Waals surface area contributed by atoms with Gasteiger partial charge >= 0.3 is 5.97 Å². The second-order valence-electron chi connectivity index (χ2n) is 4.17. The largest absolute Gasteiger partial charge is 0.493 e. The highest BCUT2D eigenvalue weighted by Crippen LogP contribution is 2.27. The molecule has 0 aliphatic heterocycles. The van der Waals surface area contributed by atoms with Crippen molar-refractivity contribution in [1.29, 1.82) is 0 Å². The van der Waals surface area contributed by atoms with Gasteiger partial charge in [0.1, 0.15) is 11.4 Å². The summed E-state index contributed by atoms with van der Waals surface area (Å²) in [6, 6.07) is 7.13. The van der Waals surface area contributed by atoms with Gasteiger partial charge in [0.2, 0.25) is 6.41 Å². The number of benzene rings is 1. The van der Waals surface area contributed by atoms with E-state index in [1.807, 2.05) is 6.07 Å². The van der Waals surface area contributed by atoms with E-state index in [0.717, 1.165) is 6.42 Å². The Kier molecular flexibility index (Phi) is 8.24. The summed E-state index contributed by atoms with van der Waals surface area (Å²) < 4.78 is 15.6. The molecule has 1 aromatic rings. The van der Waals surface area contributed by atoms with Crippen molar-refractivity contribution >= 4 is 32.8 Å². The SMILES string of the molecule is COCCCOc1cccc(/C(Br)=C(/NC=O)C(=O)OC)c1. The molecule has 1 aromatic carbocycles. The number of esters is 1. The summed E-state index contributed by atoms with van der Waals surface area (Å²) in [6.45, 7) is 1.15. The number of carbonyl (C=O) groups excluding carboxylic acids is 2. The van der Waals surface area contributed by atoms with Crippen molar-refractivity contribution in [2.24, 2.45) is 0 Å². The molecule has 0 atom stereocenters. The first kappa shape index (κ1) is 18.2. The molecule has 0 saturated heterocycles. The highest BCUT2D eigenvalue weighted by molar-refractivity contribution is 9.15. The Morgan fingerprint density at radius 2 is 2.09 bits per heavy atom. The second-order valence-corrected chi connectivity index (χ2v) is 4.96. The molecule has 7 heteroatoms. The standard InChI is InChI=1S/C15H18BrNO5/c1-20-7-4-8-22-12-6-3-5-11(9-12)13(16)14(17-10-18)15(19)21-2/h3,5-6,9-10H,4,7-8H2,1-2H3,(H,17,18)/b14-13-. The number of nitrogens with one attached hydrogen (secondary N) is 1. The van der Waals surface area contributed by atoms with Crippen LogP contribution in [0, 0.1) is 0 Å². The summed E-state index contributed by atoms with van der Waals surface area (Å²) >= 11 is 3.30. The van der Waals surface area contributed by atoms with Crippen molar-refractivity contribution in [3.8, 4) is 5.75 Å². The van der Waals surface area contributed by atoms with Crippen LogP contribution in [0.2, 0.25) is 0 Å². The van der Waals surface area contributed by atoms with Crippen LogP contribution >= 0.6 is 15.9 Å². The quantitative estimate of drug-likeness (QED) is 0.311. The molecule has 1 rings (SSSR count). The molecule has 22 heavy (non-hydrogen) atoms. The van der Waals surface area contributed by atoms with Gasteiger partial charge in [-0.15, -0.1) is 0 Å². The van der Waals surface area contributed by atoms with Crippen molar-refractivity contribution < 1.29 is 23.8 Å². The molecule has 0 aromatic heterocycles. The van der Waals surface area contributed by atoms with E-state index in [4.69, 9.17) is 9.47 Å². The predicted molar refractivity (Wildman–Crippen MR) is 85.5 cm³/mol. The molecule has 120 valence electrons. The molecule has 0 spiro atoms. The van der Waals surface area contributed by atoms with E-state index in [2.05, 4.69) is 26.0 Å². The maximum atomic E-state index is 11.7. The van der Waals surface area contributed by atoms with Crippen LogP contribution in [0.3, 0.4) is 0 Å². The van der Waals surface area contributed by atoms with Crippen LogP contribution in [-0.4, -0.2) is 39.8 Å². The monoisotopic (exact) mass is 371 g/mol. The summed E-state index contributed by atoms with van der Waals surface area (Å²) in [6.07, 6.45) is 1.19. The Hall–Kier alpha value is -1.86. The number of amides is 1. The number of methoxy groups -OCH3 is 2. The first-order valence-electron chi connectivity index (χ1n) is 6.54. The lowest BCUT2D eigenvalue weighted by atomic mass is 10.2. The maximum Gasteiger partial charge on any atom is 0.355 e. The van der Waals surface area contributed by atoms with Gasteiger partial charge in [0.05, 0.1) is 18.2 Å². The number of carbonyl (C=O) groups is 2. The Morgan fingerprint density at radius 1 is 1.32 bits per heavy atom. The maximum absolute atomic E-state index is 11.7. The molecule has 0 aliphatic carbocycles. The van der Waals surface area contributed by atoms with Crippen molar-refractivity contribution in [3.63, 3.8) is 0 Å². The Bertz CT molecular complexity index is 544. The van der Waals surface area contributed by atoms with Gasteiger partial charge in [-0.1, -0.05) is 12.1 Å². The minimum absolute atomic E-state index is 0.0223. The van der Waals surface area contributed by atoms with E-state index in [1.165, 1.54) is 7.11 Å². The second kappa shape index (κ2) is 9.97. The number of rotatable bonds is 9. The molecule has 0 heterocycles. The molecular formula is C15H18BrNO5. The van der Waals surface area contributed by atoms with E-state index in [9.17, 15) is 9.59 Å². The highest BCUT2D eigenvalue weighted by Gasteiger charge is 2.15. The summed E-state index contributed by atoms with van der Waals surface area (Å²) in [4.78, 5) is 22.3. The van der Waals surface area contributed by atoms with E-state index >= 15 is 0 Å². The normalized spacial score (nSPS) is 11.4. The van der Waals surface area contributed by atoms with Crippen LogP contribution in [-0.2, 0) is 19.1 Å². The number of ether oxygens (including phenoxy) is 3. The van der Waals surface area contributed by atoms with E-state index < -0.39 is 5.97 Å². The molecule has 0 fully saturated rings. The number of hydrogen-bond acceptors (Lipinski definition) is 5. The molecule has 0 aliphatic rings. The summed E-state index contributed by atoms with van der Waals surface area (Å²) in [5.41, 5.74) is 0.702. The Balaban J connectivity index is 2.94. The van der Waals surface area contributed by atoms with Crippen LogP contribution in [0.1, 0.15) is 12.0 Å². The van der Waals surface area contributed by atoms with E-state index in [0.29, 0.717) is 35.4 Å². The van der Waals surface area contributed by atoms with Gasteiger partial charge in [-0.25, -0.2) is 4.79 Å². The van der Waals surface area contributed by atoms with Gasteiger partial charge in [-0.2, -0.15) is 0 Å². The van der Waals surface area contributed by atoms with Gasteiger partial charge in [0.15, 0.2) is 0 Å². The fourth-order valence-electron chi connectivity index (χ4n) is 1.63. The first-order valence-corrected chi connectivity index (χ1v) is 7.33. The minimum atomic E-state index is -0.648. The lowest BCUT2D eigenvalue weighted by Crippen LogP contribution is -2.21. The highest BCUT2D eigenvalue weighted by atomic mass is 79.9. The van der Waals surface area contributed by atoms with Crippen LogP contribution in [0.4, 0.5) is 0 Å². The zero-order valence-electron chi connectivity index (χ0n) is 12.4. The third kappa shape index (κ3) is 5.50. The summed E-state index contributed by atoms with van der Waals surface area (Å²) in [7, 11) is 2.88. The van der Waals surface area contributed by atoms with Gasteiger partial charge in [-0.05, 0) is 33.6 Å². The Morgan fingerprint density at radius 3 is 2.73 bits per heavy atom. The molecule has 0 saturated carbocycles. The van der Waals surface area contributed by atoms with Crippen LogP contribution in [0.15, 0.2) is 30.0 Å². The third-order valence-electron chi connectivity index (χ3n) is 2.66. The number of halogens is 1.